The zero-order valence-corrected chi connectivity index (χ0v) is 39.4. The summed E-state index contributed by atoms with van der Waals surface area (Å²) in [6.45, 7) is 15.2. The van der Waals surface area contributed by atoms with E-state index in [0.717, 1.165) is 66.1 Å². The van der Waals surface area contributed by atoms with E-state index in [9.17, 15) is 0 Å². The average Bonchev–Trinajstić information content (AvgIpc) is 3.88. The van der Waals surface area contributed by atoms with Crippen LogP contribution in [0.25, 0.3) is 65.3 Å². The van der Waals surface area contributed by atoms with Crippen molar-refractivity contribution in [1.82, 2.24) is 0 Å². The van der Waals surface area contributed by atoms with Gasteiger partial charge in [-0.2, -0.15) is 0 Å². The Morgan fingerprint density at radius 3 is 0.806 bits per heavy atom. The molecule has 2 aliphatic carbocycles. The summed E-state index contributed by atoms with van der Waals surface area (Å²) >= 11 is 0. The fourth-order valence-corrected chi connectivity index (χ4v) is 12.1. The second kappa shape index (κ2) is 16.6. The Bertz CT molecular complexity index is 3650. The van der Waals surface area contributed by atoms with Crippen molar-refractivity contribution >= 4 is 43.1 Å². The first-order chi connectivity index (χ1) is 35.4. The van der Waals surface area contributed by atoms with Crippen molar-refractivity contribution in [1.29, 1.82) is 0 Å². The van der Waals surface area contributed by atoms with Gasteiger partial charge in [-0.25, -0.2) is 0 Å². The molecule has 0 aliphatic heterocycles. The third-order valence-corrected chi connectivity index (χ3v) is 15.1. The number of fused-ring (bicyclic) bond motifs is 10. The molecule has 0 amide bonds. The lowest BCUT2D eigenvalue weighted by molar-refractivity contribution is 0.484. The SMILES string of the molecule is C=COc1ccc2cc(C3(c4ccc5cc(OC=C)ccc5c4)c4ccccc4-c4cc5c(cc43)-c3ccccc3C5(c3ccc4cc(OC=C)ccc4c3)c3ccc4cc(OC=C)ccc4c3)ccc2c1. The predicted octanol–water partition coefficient (Wildman–Crippen LogP) is 17.1. The van der Waals surface area contributed by atoms with Crippen LogP contribution in [0.5, 0.6) is 23.0 Å². The summed E-state index contributed by atoms with van der Waals surface area (Å²) in [5.74, 6) is 3.00. The van der Waals surface area contributed by atoms with E-state index in [1.807, 2.05) is 24.3 Å². The fourth-order valence-electron chi connectivity index (χ4n) is 12.1. The molecule has 0 bridgehead atoms. The molecule has 2 aliphatic rings. The summed E-state index contributed by atoms with van der Waals surface area (Å²) in [5.41, 5.74) is 13.0. The smallest absolute Gasteiger partial charge is 0.127 e. The van der Waals surface area contributed by atoms with Gasteiger partial charge in [-0.3, -0.25) is 0 Å². The van der Waals surface area contributed by atoms with Crippen LogP contribution in [0.4, 0.5) is 0 Å². The van der Waals surface area contributed by atoms with Crippen LogP contribution in [-0.4, -0.2) is 0 Å². The molecule has 0 saturated carbocycles. The van der Waals surface area contributed by atoms with Gasteiger partial charge in [0, 0.05) is 0 Å². The van der Waals surface area contributed by atoms with E-state index < -0.39 is 10.8 Å². The Morgan fingerprint density at radius 2 is 0.514 bits per heavy atom. The molecule has 11 aromatic rings. The lowest BCUT2D eigenvalue weighted by Crippen LogP contribution is -2.30. The molecule has 0 saturated heterocycles. The molecule has 0 unspecified atom stereocenters. The highest BCUT2D eigenvalue weighted by Crippen LogP contribution is 2.63. The third kappa shape index (κ3) is 6.32. The van der Waals surface area contributed by atoms with Gasteiger partial charge in [0.15, 0.2) is 0 Å². The van der Waals surface area contributed by atoms with Gasteiger partial charge in [0.2, 0.25) is 0 Å². The van der Waals surface area contributed by atoms with Gasteiger partial charge in [-0.1, -0.05) is 148 Å². The average molecular weight is 927 g/mol. The largest absolute Gasteiger partial charge is 0.466 e. The van der Waals surface area contributed by atoms with Crippen LogP contribution in [0.2, 0.25) is 0 Å². The number of ether oxygens (including phenoxy) is 4. The van der Waals surface area contributed by atoms with Gasteiger partial charge in [0.25, 0.3) is 0 Å². The van der Waals surface area contributed by atoms with Gasteiger partial charge >= 0.3 is 0 Å². The van der Waals surface area contributed by atoms with Gasteiger partial charge in [0.1, 0.15) is 23.0 Å². The summed E-state index contributed by atoms with van der Waals surface area (Å²) in [6, 6.07) is 75.7. The molecule has 0 atom stereocenters. The Kier molecular flexibility index (Phi) is 9.87. The Hall–Kier alpha value is -9.38. The van der Waals surface area contributed by atoms with Crippen molar-refractivity contribution in [3.05, 3.63) is 302 Å². The second-order valence-corrected chi connectivity index (χ2v) is 18.6. The standard InChI is InChI=1S/C68H46O4/c1-5-69-55-29-21-43-33-51(25-17-47(43)37-55)67(52-26-18-48-38-56(70-6-2)30-22-44(48)34-52)63-15-11-9-13-59(63)61-42-66-62(41-65(61)67)60-14-10-12-16-64(60)68(66,53-27-19-49-39-57(71-7-3)31-23-45(49)35-53)54-28-20-50-40-58(72-8-4)32-24-46(50)36-54/h5-42H,1-4H2. The molecule has 0 aromatic heterocycles. The van der Waals surface area contributed by atoms with Crippen molar-refractivity contribution in [2.45, 2.75) is 10.8 Å². The van der Waals surface area contributed by atoms with Crippen molar-refractivity contribution in [2.75, 3.05) is 0 Å². The molecule has 4 nitrogen and oxygen atoms in total. The summed E-state index contributed by atoms with van der Waals surface area (Å²) in [6.07, 6.45) is 5.89. The van der Waals surface area contributed by atoms with Crippen LogP contribution < -0.4 is 18.9 Å². The van der Waals surface area contributed by atoms with E-state index in [1.165, 1.54) is 91.8 Å². The monoisotopic (exact) mass is 926 g/mol. The van der Waals surface area contributed by atoms with Crippen molar-refractivity contribution < 1.29 is 18.9 Å². The van der Waals surface area contributed by atoms with E-state index in [4.69, 9.17) is 18.9 Å². The summed E-state index contributed by atoms with van der Waals surface area (Å²) in [7, 11) is 0. The van der Waals surface area contributed by atoms with Gasteiger partial charge < -0.3 is 18.9 Å². The van der Waals surface area contributed by atoms with E-state index in [1.54, 1.807) is 0 Å². The summed E-state index contributed by atoms with van der Waals surface area (Å²) in [5, 5.41) is 8.80. The molecule has 0 spiro atoms. The topological polar surface area (TPSA) is 36.9 Å². The summed E-state index contributed by atoms with van der Waals surface area (Å²) in [4.78, 5) is 0. The first-order valence-corrected chi connectivity index (χ1v) is 24.1. The molecule has 0 radical (unpaired) electrons. The highest BCUT2D eigenvalue weighted by Gasteiger charge is 2.51. The summed E-state index contributed by atoms with van der Waals surface area (Å²) < 4.78 is 23.0. The lowest BCUT2D eigenvalue weighted by atomic mass is 9.65. The Morgan fingerprint density at radius 1 is 0.250 bits per heavy atom. The highest BCUT2D eigenvalue weighted by molar-refractivity contribution is 5.98. The molecule has 342 valence electrons. The normalized spacial score (nSPS) is 13.4. The van der Waals surface area contributed by atoms with Crippen molar-refractivity contribution in [2.24, 2.45) is 0 Å². The number of hydrogen-bond donors (Lipinski definition) is 0. The quantitative estimate of drug-likeness (QED) is 0.114. The van der Waals surface area contributed by atoms with Gasteiger partial charge in [-0.05, 0) is 195 Å². The molecule has 0 fully saturated rings. The molecule has 4 heteroatoms. The lowest BCUT2D eigenvalue weighted by Gasteiger charge is -2.36. The van der Waals surface area contributed by atoms with Gasteiger partial charge in [-0.15, -0.1) is 0 Å². The maximum Gasteiger partial charge on any atom is 0.127 e. The fraction of sp³-hybridized carbons (Fsp3) is 0.0294. The van der Waals surface area contributed by atoms with E-state index in [0.29, 0.717) is 0 Å². The first-order valence-electron chi connectivity index (χ1n) is 24.1. The van der Waals surface area contributed by atoms with Crippen molar-refractivity contribution in [3.8, 4) is 45.3 Å². The molecular weight excluding hydrogens is 881 g/mol. The van der Waals surface area contributed by atoms with Crippen LogP contribution in [0.3, 0.4) is 0 Å². The predicted molar refractivity (Wildman–Crippen MR) is 294 cm³/mol. The zero-order valence-electron chi connectivity index (χ0n) is 39.4. The molecule has 72 heavy (non-hydrogen) atoms. The second-order valence-electron chi connectivity index (χ2n) is 18.6. The number of rotatable bonds is 12. The minimum atomic E-state index is -0.724. The van der Waals surface area contributed by atoms with Crippen LogP contribution in [0.15, 0.2) is 258 Å². The Labute approximate surface area is 418 Å². The van der Waals surface area contributed by atoms with Crippen LogP contribution in [0, 0.1) is 0 Å². The number of benzene rings is 11. The number of hydrogen-bond acceptors (Lipinski definition) is 4. The minimum Gasteiger partial charge on any atom is -0.466 e. The third-order valence-electron chi connectivity index (χ3n) is 15.1. The maximum absolute atomic E-state index is 5.75. The van der Waals surface area contributed by atoms with E-state index in [-0.39, 0.29) is 0 Å². The van der Waals surface area contributed by atoms with Crippen LogP contribution in [-0.2, 0) is 10.8 Å². The molecule has 11 aromatic carbocycles. The van der Waals surface area contributed by atoms with Crippen molar-refractivity contribution in [3.63, 3.8) is 0 Å². The maximum atomic E-state index is 5.75. The van der Waals surface area contributed by atoms with Crippen LogP contribution in [0.1, 0.15) is 44.5 Å². The first kappa shape index (κ1) is 42.7. The molecule has 0 heterocycles. The molecule has 13 rings (SSSR count). The molecular formula is C68H46O4. The van der Waals surface area contributed by atoms with E-state index in [2.05, 4.69) is 208 Å². The highest BCUT2D eigenvalue weighted by atomic mass is 16.5. The molecule has 0 N–H and O–H groups in total. The van der Waals surface area contributed by atoms with Crippen LogP contribution >= 0.6 is 0 Å². The zero-order chi connectivity index (χ0) is 48.6. The van der Waals surface area contributed by atoms with E-state index >= 15 is 0 Å². The Balaban J connectivity index is 1.13. The van der Waals surface area contributed by atoms with Gasteiger partial charge in [0.05, 0.1) is 35.9 Å². The minimum absolute atomic E-state index is 0.724.